The van der Waals surface area contributed by atoms with Crippen LogP contribution in [0.25, 0.3) is 5.70 Å². The molecule has 2 aliphatic heterocycles. The van der Waals surface area contributed by atoms with Crippen LogP contribution in [-0.4, -0.2) is 28.1 Å². The summed E-state index contributed by atoms with van der Waals surface area (Å²) in [5.74, 6) is 2.37. The molecule has 2 atom stereocenters. The number of hydrogen-bond acceptors (Lipinski definition) is 6. The second-order valence-corrected chi connectivity index (χ2v) is 9.73. The van der Waals surface area contributed by atoms with Gasteiger partial charge in [0.05, 0.1) is 12.8 Å². The van der Waals surface area contributed by atoms with E-state index in [0.717, 1.165) is 55.0 Å². The largest absolute Gasteiger partial charge is 0.497 e. The molecule has 4 aromatic rings. The van der Waals surface area contributed by atoms with E-state index in [-0.39, 0.29) is 12.1 Å². The van der Waals surface area contributed by atoms with Crippen molar-refractivity contribution in [1.82, 2.24) is 14.8 Å². The lowest BCUT2D eigenvalue weighted by Gasteiger charge is -2.39. The summed E-state index contributed by atoms with van der Waals surface area (Å²) in [4.78, 5) is 4.75. The summed E-state index contributed by atoms with van der Waals surface area (Å²) in [7, 11) is 1.68. The highest BCUT2D eigenvalue weighted by molar-refractivity contribution is 9.10. The number of thioether (sulfide) groups is 1. The number of nitrogens with one attached hydrogen (secondary N) is 1. The molecule has 3 heterocycles. The van der Waals surface area contributed by atoms with Crippen molar-refractivity contribution >= 4 is 39.3 Å². The van der Waals surface area contributed by atoms with Gasteiger partial charge in [0, 0.05) is 15.6 Å². The quantitative estimate of drug-likeness (QED) is 0.310. The Labute approximate surface area is 210 Å². The first kappa shape index (κ1) is 21.3. The lowest BCUT2D eigenvalue weighted by atomic mass is 9.84. The normalized spacial score (nSPS) is 18.3. The van der Waals surface area contributed by atoms with Gasteiger partial charge in [0.25, 0.3) is 0 Å². The van der Waals surface area contributed by atoms with Crippen LogP contribution in [0.2, 0.25) is 0 Å². The summed E-state index contributed by atoms with van der Waals surface area (Å²) in [5, 5.41) is 9.14. The average molecular weight is 533 g/mol. The van der Waals surface area contributed by atoms with Gasteiger partial charge in [0.15, 0.2) is 0 Å². The minimum Gasteiger partial charge on any atom is -0.497 e. The smallest absolute Gasteiger partial charge is 0.227 e. The molecule has 6 nitrogen and oxygen atoms in total. The topological polar surface area (TPSA) is 61.2 Å². The maximum atomic E-state index is 6.67. The van der Waals surface area contributed by atoms with E-state index in [0.29, 0.717) is 0 Å². The molecule has 0 amide bonds. The van der Waals surface area contributed by atoms with Crippen molar-refractivity contribution in [3.05, 3.63) is 99.5 Å². The third-order valence-electron chi connectivity index (χ3n) is 6.15. The molecule has 0 radical (unpaired) electrons. The number of ether oxygens (including phenoxy) is 2. The lowest BCUT2D eigenvalue weighted by Crippen LogP contribution is -2.32. The van der Waals surface area contributed by atoms with E-state index in [2.05, 4.69) is 51.6 Å². The Morgan fingerprint density at radius 3 is 2.47 bits per heavy atom. The van der Waals surface area contributed by atoms with Crippen molar-refractivity contribution in [2.75, 3.05) is 18.7 Å². The van der Waals surface area contributed by atoms with Crippen molar-refractivity contribution in [2.24, 2.45) is 0 Å². The number of halogens is 1. The summed E-state index contributed by atoms with van der Waals surface area (Å²) in [6.45, 7) is 0. The third-order valence-corrected chi connectivity index (χ3v) is 7.21. The SMILES string of the molecule is COc1ccc([C@H]2C3=C(Nc4nc(SC)nn42)c2ccccc2O[C@@H]3c2ccc(Br)cc2)cc1. The monoisotopic (exact) mass is 532 g/mol. The van der Waals surface area contributed by atoms with E-state index in [1.165, 1.54) is 11.8 Å². The molecule has 34 heavy (non-hydrogen) atoms. The van der Waals surface area contributed by atoms with Crippen LogP contribution in [0.4, 0.5) is 5.95 Å². The van der Waals surface area contributed by atoms with E-state index < -0.39 is 0 Å². The Bertz CT molecular complexity index is 1400. The van der Waals surface area contributed by atoms with Gasteiger partial charge in [-0.3, -0.25) is 0 Å². The van der Waals surface area contributed by atoms with Crippen LogP contribution in [0.3, 0.4) is 0 Å². The molecular formula is C26H21BrN4O2S. The van der Waals surface area contributed by atoms with Crippen molar-refractivity contribution < 1.29 is 9.47 Å². The fourth-order valence-corrected chi connectivity index (χ4v) is 5.18. The Balaban J connectivity index is 1.61. The molecule has 1 aromatic heterocycles. The van der Waals surface area contributed by atoms with Crippen molar-refractivity contribution in [1.29, 1.82) is 0 Å². The van der Waals surface area contributed by atoms with Gasteiger partial charge in [-0.15, -0.1) is 5.10 Å². The lowest BCUT2D eigenvalue weighted by molar-refractivity contribution is 0.223. The maximum absolute atomic E-state index is 6.67. The molecule has 0 unspecified atom stereocenters. The van der Waals surface area contributed by atoms with E-state index in [1.807, 2.05) is 53.4 Å². The Morgan fingerprint density at radius 2 is 1.74 bits per heavy atom. The molecule has 0 fully saturated rings. The molecule has 8 heteroatoms. The van der Waals surface area contributed by atoms with Gasteiger partial charge in [0.1, 0.15) is 23.6 Å². The highest BCUT2D eigenvalue weighted by Crippen LogP contribution is 2.51. The molecule has 0 saturated carbocycles. The van der Waals surface area contributed by atoms with Crippen LogP contribution in [-0.2, 0) is 0 Å². The number of rotatable bonds is 4. The van der Waals surface area contributed by atoms with Crippen LogP contribution in [0.1, 0.15) is 28.8 Å². The predicted octanol–water partition coefficient (Wildman–Crippen LogP) is 6.33. The third kappa shape index (κ3) is 3.49. The summed E-state index contributed by atoms with van der Waals surface area (Å²) >= 11 is 5.08. The number of anilines is 1. The second-order valence-electron chi connectivity index (χ2n) is 8.04. The van der Waals surface area contributed by atoms with Gasteiger partial charge in [0.2, 0.25) is 11.1 Å². The number of para-hydroxylation sites is 1. The molecule has 170 valence electrons. The zero-order valence-electron chi connectivity index (χ0n) is 18.5. The molecule has 0 saturated heterocycles. The molecule has 0 bridgehead atoms. The highest BCUT2D eigenvalue weighted by Gasteiger charge is 2.41. The standard InChI is InChI=1S/C26H21BrN4O2S/c1-32-18-13-9-15(10-14-18)23-21-22(28-25-29-26(34-2)30-31(23)25)19-5-3-4-6-20(19)33-24(21)16-7-11-17(27)12-8-16/h3-14,23-24H,1-2H3,(H,28,29,30)/t23-,24+/m0/s1. The molecular weight excluding hydrogens is 512 g/mol. The summed E-state index contributed by atoms with van der Waals surface area (Å²) in [6, 6.07) is 24.4. The van der Waals surface area contributed by atoms with Gasteiger partial charge in [-0.2, -0.15) is 4.98 Å². The number of benzene rings is 3. The Kier molecular flexibility index (Phi) is 5.34. The highest BCUT2D eigenvalue weighted by atomic mass is 79.9. The van der Waals surface area contributed by atoms with E-state index >= 15 is 0 Å². The van der Waals surface area contributed by atoms with E-state index in [1.54, 1.807) is 7.11 Å². The van der Waals surface area contributed by atoms with Crippen LogP contribution in [0, 0.1) is 0 Å². The first-order chi connectivity index (χ1) is 16.7. The second kappa shape index (κ2) is 8.52. The number of aromatic nitrogens is 3. The molecule has 0 aliphatic carbocycles. The molecule has 6 rings (SSSR count). The van der Waals surface area contributed by atoms with Gasteiger partial charge in [-0.25, -0.2) is 4.68 Å². The summed E-state index contributed by atoms with van der Waals surface area (Å²) < 4.78 is 15.1. The summed E-state index contributed by atoms with van der Waals surface area (Å²) in [5.41, 5.74) is 5.28. The fourth-order valence-electron chi connectivity index (χ4n) is 4.56. The Morgan fingerprint density at radius 1 is 1.00 bits per heavy atom. The zero-order valence-corrected chi connectivity index (χ0v) is 20.9. The number of fused-ring (bicyclic) bond motifs is 3. The van der Waals surface area contributed by atoms with Crippen LogP contribution < -0.4 is 14.8 Å². The van der Waals surface area contributed by atoms with Crippen LogP contribution in [0.15, 0.2) is 88.0 Å². The number of methoxy groups -OCH3 is 1. The number of hydrogen-bond donors (Lipinski definition) is 1. The number of nitrogens with zero attached hydrogens (tertiary/aromatic N) is 3. The molecule has 1 N–H and O–H groups in total. The van der Waals surface area contributed by atoms with Gasteiger partial charge >= 0.3 is 0 Å². The maximum Gasteiger partial charge on any atom is 0.227 e. The average Bonchev–Trinajstić information content (AvgIpc) is 3.30. The zero-order chi connectivity index (χ0) is 23.2. The predicted molar refractivity (Wildman–Crippen MR) is 137 cm³/mol. The van der Waals surface area contributed by atoms with Crippen molar-refractivity contribution in [3.63, 3.8) is 0 Å². The molecule has 2 aliphatic rings. The van der Waals surface area contributed by atoms with Crippen molar-refractivity contribution in [3.8, 4) is 11.5 Å². The minimum absolute atomic E-state index is 0.201. The van der Waals surface area contributed by atoms with E-state index in [9.17, 15) is 0 Å². The van der Waals surface area contributed by atoms with Crippen molar-refractivity contribution in [2.45, 2.75) is 17.3 Å². The van der Waals surface area contributed by atoms with Crippen LogP contribution >= 0.6 is 27.7 Å². The first-order valence-electron chi connectivity index (χ1n) is 10.8. The molecule has 3 aromatic carbocycles. The Hall–Kier alpha value is -3.23. The van der Waals surface area contributed by atoms with E-state index in [4.69, 9.17) is 19.6 Å². The molecule has 0 spiro atoms. The van der Waals surface area contributed by atoms with Gasteiger partial charge in [-0.1, -0.05) is 64.1 Å². The first-order valence-corrected chi connectivity index (χ1v) is 12.8. The van der Waals surface area contributed by atoms with Gasteiger partial charge in [-0.05, 0) is 53.8 Å². The minimum atomic E-state index is -0.298. The summed E-state index contributed by atoms with van der Waals surface area (Å²) in [6.07, 6.45) is 1.69. The van der Waals surface area contributed by atoms with Gasteiger partial charge < -0.3 is 14.8 Å². The fraction of sp³-hybridized carbons (Fsp3) is 0.154. The van der Waals surface area contributed by atoms with Crippen LogP contribution in [0.5, 0.6) is 11.5 Å².